The first-order valence-corrected chi connectivity index (χ1v) is 11.9. The molecule has 2 N–H and O–H groups in total. The number of hydrogen-bond acceptors (Lipinski definition) is 9. The van der Waals surface area contributed by atoms with Gasteiger partial charge in [0, 0.05) is 63.4 Å². The molecule has 2 unspecified atom stereocenters. The van der Waals surface area contributed by atoms with E-state index in [2.05, 4.69) is 75.4 Å². The lowest BCUT2D eigenvalue weighted by Crippen LogP contribution is -2.50. The van der Waals surface area contributed by atoms with Crippen molar-refractivity contribution in [1.29, 1.82) is 0 Å². The Kier molecular flexibility index (Phi) is 6.30. The van der Waals surface area contributed by atoms with E-state index in [1.165, 1.54) is 5.56 Å². The molecule has 9 heteroatoms. The maximum Gasteiger partial charge on any atom is 0.225 e. The monoisotopic (exact) mass is 460 g/mol. The molecule has 0 bridgehead atoms. The molecule has 2 fully saturated rings. The van der Waals surface area contributed by atoms with Crippen molar-refractivity contribution in [2.45, 2.75) is 32.5 Å². The van der Waals surface area contributed by atoms with Gasteiger partial charge < -0.3 is 25.2 Å². The van der Waals surface area contributed by atoms with Crippen molar-refractivity contribution in [2.75, 3.05) is 54.4 Å². The molecule has 2 aliphatic rings. The largest absolute Gasteiger partial charge is 0.362 e. The van der Waals surface area contributed by atoms with Gasteiger partial charge in [0.05, 0.1) is 6.10 Å². The second kappa shape index (κ2) is 9.52. The summed E-state index contributed by atoms with van der Waals surface area (Å²) in [4.78, 5) is 23.2. The maximum absolute atomic E-state index is 6.34. The molecule has 0 amide bonds. The first-order valence-electron chi connectivity index (χ1n) is 11.9. The highest BCUT2D eigenvalue weighted by molar-refractivity contribution is 5.60. The molecule has 0 aliphatic carbocycles. The van der Waals surface area contributed by atoms with Gasteiger partial charge in [-0.2, -0.15) is 0 Å². The first-order chi connectivity index (χ1) is 16.5. The average Bonchev–Trinajstić information content (AvgIpc) is 2.86. The topological polar surface area (TPSA) is 91.3 Å². The van der Waals surface area contributed by atoms with Crippen LogP contribution in [0.3, 0.4) is 0 Å². The number of aryl methyl sites for hydroxylation is 1. The van der Waals surface area contributed by atoms with E-state index in [4.69, 9.17) is 14.7 Å². The number of ether oxygens (including phenoxy) is 1. The van der Waals surface area contributed by atoms with E-state index >= 15 is 0 Å². The van der Waals surface area contributed by atoms with Crippen LogP contribution in [-0.4, -0.2) is 65.3 Å². The molecule has 2 aromatic heterocycles. The van der Waals surface area contributed by atoms with Crippen molar-refractivity contribution in [3.05, 3.63) is 60.2 Å². The fraction of sp³-hybridized carbons (Fsp3) is 0.440. The van der Waals surface area contributed by atoms with E-state index in [1.54, 1.807) is 12.4 Å². The number of nitrogens with one attached hydrogen (secondary N) is 2. The number of hydrogen-bond donors (Lipinski definition) is 2. The number of rotatable bonds is 5. The van der Waals surface area contributed by atoms with Gasteiger partial charge in [-0.05, 0) is 39.0 Å². The smallest absolute Gasteiger partial charge is 0.225 e. The molecule has 0 radical (unpaired) electrons. The number of aromatic nitrogens is 4. The third kappa shape index (κ3) is 4.95. The molecule has 34 heavy (non-hydrogen) atoms. The summed E-state index contributed by atoms with van der Waals surface area (Å²) in [6.07, 6.45) is 3.66. The van der Waals surface area contributed by atoms with E-state index in [1.807, 2.05) is 12.1 Å². The first kappa shape index (κ1) is 22.5. The summed E-state index contributed by atoms with van der Waals surface area (Å²) >= 11 is 0. The molecule has 2 saturated heterocycles. The quantitative estimate of drug-likeness (QED) is 0.596. The molecule has 2 atom stereocenters. The Morgan fingerprint density at radius 1 is 1.03 bits per heavy atom. The van der Waals surface area contributed by atoms with Crippen LogP contribution < -0.4 is 20.4 Å². The predicted molar refractivity (Wildman–Crippen MR) is 134 cm³/mol. The minimum Gasteiger partial charge on any atom is -0.362 e. The van der Waals surface area contributed by atoms with Gasteiger partial charge in [0.15, 0.2) is 5.82 Å². The van der Waals surface area contributed by atoms with Gasteiger partial charge in [0.2, 0.25) is 5.95 Å². The molecule has 3 aromatic rings. The SMILES string of the molecule is Cc1ccc(Nc2cc(N3CCN(c4ncccn4)CC3)nc(C3(C)CNCC(C)O3)n2)cc1. The molecule has 0 spiro atoms. The molecule has 4 heterocycles. The normalized spacial score (nSPS) is 23.1. The highest BCUT2D eigenvalue weighted by atomic mass is 16.5. The van der Waals surface area contributed by atoms with Gasteiger partial charge in [-0.25, -0.2) is 19.9 Å². The van der Waals surface area contributed by atoms with Crippen LogP contribution in [-0.2, 0) is 10.3 Å². The number of nitrogens with zero attached hydrogens (tertiary/aromatic N) is 6. The Balaban J connectivity index is 1.42. The van der Waals surface area contributed by atoms with E-state index in [9.17, 15) is 0 Å². The molecule has 2 aliphatic heterocycles. The maximum atomic E-state index is 6.34. The average molecular weight is 461 g/mol. The minimum atomic E-state index is -0.600. The predicted octanol–water partition coefficient (Wildman–Crippen LogP) is 2.87. The zero-order chi connectivity index (χ0) is 23.5. The number of morpholine rings is 1. The van der Waals surface area contributed by atoms with Crippen LogP contribution in [0.5, 0.6) is 0 Å². The summed E-state index contributed by atoms with van der Waals surface area (Å²) < 4.78 is 6.34. The summed E-state index contributed by atoms with van der Waals surface area (Å²) in [5.41, 5.74) is 1.61. The van der Waals surface area contributed by atoms with E-state index in [-0.39, 0.29) is 6.10 Å². The molecular formula is C25H32N8O. The summed E-state index contributed by atoms with van der Waals surface area (Å²) in [5, 5.41) is 6.93. The van der Waals surface area contributed by atoms with Crippen molar-refractivity contribution in [3.8, 4) is 0 Å². The third-order valence-corrected chi connectivity index (χ3v) is 6.30. The molecule has 0 saturated carbocycles. The van der Waals surface area contributed by atoms with Gasteiger partial charge in [-0.3, -0.25) is 0 Å². The van der Waals surface area contributed by atoms with Crippen LogP contribution in [0.4, 0.5) is 23.3 Å². The van der Waals surface area contributed by atoms with Gasteiger partial charge in [-0.1, -0.05) is 17.7 Å². The highest BCUT2D eigenvalue weighted by Crippen LogP contribution is 2.30. The van der Waals surface area contributed by atoms with E-state index < -0.39 is 5.60 Å². The molecule has 5 rings (SSSR count). The Labute approximate surface area is 200 Å². The highest BCUT2D eigenvalue weighted by Gasteiger charge is 2.37. The van der Waals surface area contributed by atoms with Gasteiger partial charge in [0.1, 0.15) is 17.2 Å². The van der Waals surface area contributed by atoms with Crippen LogP contribution in [0.2, 0.25) is 0 Å². The lowest BCUT2D eigenvalue weighted by molar-refractivity contribution is -0.107. The van der Waals surface area contributed by atoms with Gasteiger partial charge in [-0.15, -0.1) is 0 Å². The van der Waals surface area contributed by atoms with Gasteiger partial charge >= 0.3 is 0 Å². The van der Waals surface area contributed by atoms with Crippen molar-refractivity contribution in [3.63, 3.8) is 0 Å². The number of piperazine rings is 1. The fourth-order valence-corrected chi connectivity index (χ4v) is 4.44. The van der Waals surface area contributed by atoms with Crippen LogP contribution in [0.1, 0.15) is 25.2 Å². The van der Waals surface area contributed by atoms with E-state index in [0.29, 0.717) is 12.4 Å². The lowest BCUT2D eigenvalue weighted by atomic mass is 10.0. The van der Waals surface area contributed by atoms with Crippen LogP contribution in [0, 0.1) is 6.92 Å². The van der Waals surface area contributed by atoms with Crippen molar-refractivity contribution >= 4 is 23.3 Å². The summed E-state index contributed by atoms with van der Waals surface area (Å²) in [5.74, 6) is 3.12. The number of anilines is 4. The zero-order valence-corrected chi connectivity index (χ0v) is 20.0. The Hall–Kier alpha value is -3.30. The lowest BCUT2D eigenvalue weighted by Gasteiger charge is -2.38. The second-order valence-corrected chi connectivity index (χ2v) is 9.24. The third-order valence-electron chi connectivity index (χ3n) is 6.30. The fourth-order valence-electron chi connectivity index (χ4n) is 4.44. The molecule has 178 valence electrons. The Morgan fingerprint density at radius 2 is 1.74 bits per heavy atom. The molecular weight excluding hydrogens is 428 g/mol. The summed E-state index contributed by atoms with van der Waals surface area (Å²) in [6.45, 7) is 11.0. The second-order valence-electron chi connectivity index (χ2n) is 9.24. The van der Waals surface area contributed by atoms with Crippen molar-refractivity contribution in [1.82, 2.24) is 25.3 Å². The van der Waals surface area contributed by atoms with Crippen LogP contribution in [0.15, 0.2) is 48.8 Å². The molecule has 1 aromatic carbocycles. The van der Waals surface area contributed by atoms with E-state index in [0.717, 1.165) is 56.0 Å². The van der Waals surface area contributed by atoms with Gasteiger partial charge in [0.25, 0.3) is 0 Å². The number of benzene rings is 1. The standard InChI is InChI=1S/C25H32N8O/c1-18-5-7-20(8-6-18)29-21-15-22(31-23(30-21)25(3)17-26-16-19(2)34-25)32-11-13-33(14-12-32)24-27-9-4-10-28-24/h4-10,15,19,26H,11-14,16-17H2,1-3H3,(H,29,30,31). The summed E-state index contributed by atoms with van der Waals surface area (Å²) in [7, 11) is 0. The molecule has 9 nitrogen and oxygen atoms in total. The summed E-state index contributed by atoms with van der Waals surface area (Å²) in [6, 6.07) is 12.2. The van der Waals surface area contributed by atoms with Crippen molar-refractivity contribution in [2.24, 2.45) is 0 Å². The van der Waals surface area contributed by atoms with Crippen LogP contribution >= 0.6 is 0 Å². The Bertz CT molecular complexity index is 1100. The van der Waals surface area contributed by atoms with Crippen LogP contribution in [0.25, 0.3) is 0 Å². The minimum absolute atomic E-state index is 0.0916. The van der Waals surface area contributed by atoms with Crippen molar-refractivity contribution < 1.29 is 4.74 Å². The Morgan fingerprint density at radius 3 is 2.44 bits per heavy atom. The zero-order valence-electron chi connectivity index (χ0n) is 20.0.